The van der Waals surface area contributed by atoms with Crippen molar-refractivity contribution in [2.45, 2.75) is 2.14 Å². The minimum atomic E-state index is -1.23. The first kappa shape index (κ1) is 10.7. The molecule has 0 radical (unpaired) electrons. The summed E-state index contributed by atoms with van der Waals surface area (Å²) >= 11 is 8.51. The molecule has 0 aromatic heterocycles. The number of rotatable bonds is 2. The first-order valence-corrected chi connectivity index (χ1v) is 4.52. The summed E-state index contributed by atoms with van der Waals surface area (Å²) in [5.74, 6) is -1.62. The minimum Gasteiger partial charge on any atom is -0.388 e. The van der Waals surface area contributed by atoms with Crippen LogP contribution in [0.1, 0.15) is 0 Å². The molecule has 0 spiro atoms. The van der Waals surface area contributed by atoms with E-state index < -0.39 is 20.3 Å². The molecule has 0 aromatic rings. The van der Waals surface area contributed by atoms with Gasteiger partial charge >= 0.3 is 0 Å². The lowest BCUT2D eigenvalue weighted by Gasteiger charge is -2.06. The van der Waals surface area contributed by atoms with E-state index >= 15 is 0 Å². The van der Waals surface area contributed by atoms with Gasteiger partial charge < -0.3 is 5.11 Å². The number of halogens is 3. The highest BCUT2D eigenvalue weighted by molar-refractivity contribution is 9.40. The fourth-order valence-electron chi connectivity index (χ4n) is 0.230. The lowest BCUT2D eigenvalue weighted by Crippen LogP contribution is -2.28. The predicted octanol–water partition coefficient (Wildman–Crippen LogP) is 0.955. The van der Waals surface area contributed by atoms with Crippen molar-refractivity contribution in [1.29, 1.82) is 0 Å². The van der Waals surface area contributed by atoms with E-state index in [0.717, 1.165) is 0 Å². The van der Waals surface area contributed by atoms with Crippen LogP contribution >= 0.6 is 47.8 Å². The first-order chi connectivity index (χ1) is 4.39. The summed E-state index contributed by atoms with van der Waals surface area (Å²) < 4.78 is -1.23. The van der Waals surface area contributed by atoms with Gasteiger partial charge in [-0.3, -0.25) is 9.59 Å². The van der Waals surface area contributed by atoms with Gasteiger partial charge in [-0.25, -0.2) is 0 Å². The molecule has 1 N–H and O–H groups in total. The lowest BCUT2D eigenvalue weighted by atomic mass is 10.3. The number of ketones is 2. The predicted molar refractivity (Wildman–Crippen MR) is 46.6 cm³/mol. The zero-order chi connectivity index (χ0) is 8.36. The Hall–Kier alpha value is 0.740. The third-order valence-electron chi connectivity index (χ3n) is 0.654. The summed E-state index contributed by atoms with van der Waals surface area (Å²) in [6.45, 7) is -0.774. The second-order valence-electron chi connectivity index (χ2n) is 1.41. The summed E-state index contributed by atoms with van der Waals surface area (Å²) in [7, 11) is 0. The Morgan fingerprint density at radius 2 is 1.70 bits per heavy atom. The number of alkyl halides is 3. The highest BCUT2D eigenvalue weighted by atomic mass is 80.0. The Morgan fingerprint density at radius 1 is 1.30 bits per heavy atom. The van der Waals surface area contributed by atoms with E-state index in [0.29, 0.717) is 0 Å². The monoisotopic (exact) mass is 336 g/mol. The quantitative estimate of drug-likeness (QED) is 0.602. The fraction of sp³-hybridized carbons (Fsp3) is 0.500. The van der Waals surface area contributed by atoms with Gasteiger partial charge in [0.15, 0.2) is 0 Å². The van der Waals surface area contributed by atoms with Crippen LogP contribution in [0.25, 0.3) is 0 Å². The molecule has 0 rings (SSSR count). The molecule has 0 atom stereocenters. The Bertz CT molecular complexity index is 160. The molecule has 0 saturated carbocycles. The Balaban J connectivity index is 4.24. The van der Waals surface area contributed by atoms with E-state index in [2.05, 4.69) is 47.8 Å². The van der Waals surface area contributed by atoms with E-state index in [1.54, 1.807) is 0 Å². The molecule has 0 saturated heterocycles. The van der Waals surface area contributed by atoms with Gasteiger partial charge in [-0.15, -0.1) is 0 Å². The van der Waals surface area contributed by atoms with E-state index in [4.69, 9.17) is 5.11 Å². The summed E-state index contributed by atoms with van der Waals surface area (Å²) in [4.78, 5) is 21.2. The highest BCUT2D eigenvalue weighted by Crippen LogP contribution is 2.34. The molecule has 0 aromatic carbocycles. The third kappa shape index (κ3) is 3.23. The topological polar surface area (TPSA) is 54.4 Å². The molecule has 6 heteroatoms. The molecule has 0 fully saturated rings. The van der Waals surface area contributed by atoms with Crippen LogP contribution < -0.4 is 0 Å². The number of aliphatic hydroxyl groups is 1. The van der Waals surface area contributed by atoms with Crippen molar-refractivity contribution in [2.75, 3.05) is 6.61 Å². The lowest BCUT2D eigenvalue weighted by molar-refractivity contribution is -0.137. The largest absolute Gasteiger partial charge is 0.388 e. The number of aliphatic hydroxyl groups excluding tert-OH is 1. The Labute approximate surface area is 82.6 Å². The molecule has 58 valence electrons. The average Bonchev–Trinajstić information content (AvgIpc) is 1.83. The molecular weight excluding hydrogens is 336 g/mol. The van der Waals surface area contributed by atoms with Crippen LogP contribution in [0.4, 0.5) is 0 Å². The van der Waals surface area contributed by atoms with Crippen molar-refractivity contribution in [3.05, 3.63) is 0 Å². The van der Waals surface area contributed by atoms with Crippen LogP contribution in [0, 0.1) is 0 Å². The molecule has 0 unspecified atom stereocenters. The molecule has 0 aliphatic rings. The van der Waals surface area contributed by atoms with Crippen molar-refractivity contribution >= 4 is 59.4 Å². The molecule has 0 aliphatic heterocycles. The third-order valence-corrected chi connectivity index (χ3v) is 1.73. The molecular formula is C4H3Br3O3. The zero-order valence-electron chi connectivity index (χ0n) is 4.60. The smallest absolute Gasteiger partial charge is 0.238 e. The number of hydrogen-bond acceptors (Lipinski definition) is 3. The van der Waals surface area contributed by atoms with Crippen molar-refractivity contribution in [3.63, 3.8) is 0 Å². The van der Waals surface area contributed by atoms with E-state index in [1.165, 1.54) is 0 Å². The summed E-state index contributed by atoms with van der Waals surface area (Å²) in [5.41, 5.74) is 0. The van der Waals surface area contributed by atoms with Gasteiger partial charge in [0, 0.05) is 0 Å². The van der Waals surface area contributed by atoms with Gasteiger partial charge in [0.25, 0.3) is 0 Å². The second-order valence-corrected chi connectivity index (χ2v) is 8.17. The average molecular weight is 339 g/mol. The molecule has 10 heavy (non-hydrogen) atoms. The zero-order valence-corrected chi connectivity index (χ0v) is 9.36. The van der Waals surface area contributed by atoms with Gasteiger partial charge in [0.2, 0.25) is 13.7 Å². The maximum absolute atomic E-state index is 10.7. The number of Topliss-reactive ketones (excluding diaryl/α,β-unsaturated/α-hetero) is 2. The first-order valence-electron chi connectivity index (χ1n) is 2.14. The molecule has 0 amide bonds. The van der Waals surface area contributed by atoms with Crippen LogP contribution in [0.3, 0.4) is 0 Å². The molecule has 0 heterocycles. The van der Waals surface area contributed by atoms with Crippen molar-refractivity contribution in [2.24, 2.45) is 0 Å². The van der Waals surface area contributed by atoms with Gasteiger partial charge in [0.05, 0.1) is 0 Å². The van der Waals surface area contributed by atoms with E-state index in [9.17, 15) is 9.59 Å². The van der Waals surface area contributed by atoms with Crippen LogP contribution in [0.5, 0.6) is 0 Å². The Morgan fingerprint density at radius 3 is 1.80 bits per heavy atom. The SMILES string of the molecule is O=C(CO)C(=O)C(Br)(Br)Br. The van der Waals surface area contributed by atoms with Gasteiger partial charge in [-0.1, -0.05) is 47.8 Å². The molecule has 0 bridgehead atoms. The van der Waals surface area contributed by atoms with Gasteiger partial charge in [-0.2, -0.15) is 0 Å². The highest BCUT2D eigenvalue weighted by Gasteiger charge is 2.33. The minimum absolute atomic E-state index is 0.769. The number of carbonyl (C=O) groups is 2. The summed E-state index contributed by atoms with van der Waals surface area (Å²) in [6, 6.07) is 0. The normalized spacial score (nSPS) is 11.2. The number of hydrogen-bond donors (Lipinski definition) is 1. The van der Waals surface area contributed by atoms with Crippen molar-refractivity contribution in [1.82, 2.24) is 0 Å². The molecule has 0 aliphatic carbocycles. The fourth-order valence-corrected chi connectivity index (χ4v) is 0.893. The van der Waals surface area contributed by atoms with Crippen molar-refractivity contribution in [3.8, 4) is 0 Å². The van der Waals surface area contributed by atoms with Crippen molar-refractivity contribution < 1.29 is 14.7 Å². The summed E-state index contributed by atoms with van der Waals surface area (Å²) in [5, 5.41) is 8.24. The molecule has 3 nitrogen and oxygen atoms in total. The van der Waals surface area contributed by atoms with Crippen LogP contribution in [0.15, 0.2) is 0 Å². The van der Waals surface area contributed by atoms with Crippen LogP contribution in [0.2, 0.25) is 0 Å². The standard InChI is InChI=1S/C4H3Br3O3/c5-4(6,7)3(10)2(9)1-8/h8H,1H2. The number of carbonyl (C=O) groups excluding carboxylic acids is 2. The maximum Gasteiger partial charge on any atom is 0.238 e. The second kappa shape index (κ2) is 3.94. The Kier molecular flexibility index (Phi) is 4.23. The van der Waals surface area contributed by atoms with Gasteiger partial charge in [-0.05, 0) is 0 Å². The van der Waals surface area contributed by atoms with E-state index in [1.807, 2.05) is 0 Å². The maximum atomic E-state index is 10.7. The van der Waals surface area contributed by atoms with Crippen LogP contribution in [-0.2, 0) is 9.59 Å². The summed E-state index contributed by atoms with van der Waals surface area (Å²) in [6.07, 6.45) is 0. The van der Waals surface area contributed by atoms with E-state index in [-0.39, 0.29) is 0 Å². The van der Waals surface area contributed by atoms with Crippen LogP contribution in [-0.4, -0.2) is 25.4 Å². The van der Waals surface area contributed by atoms with Gasteiger partial charge in [0.1, 0.15) is 6.61 Å².